The summed E-state index contributed by atoms with van der Waals surface area (Å²) in [7, 11) is 3.29. The molecular formula is C27H27ClFN5O3. The molecule has 3 aromatic heterocycles. The van der Waals surface area contributed by atoms with Gasteiger partial charge in [-0.2, -0.15) is 0 Å². The third-order valence-electron chi connectivity index (χ3n) is 6.76. The molecule has 37 heavy (non-hydrogen) atoms. The topological polar surface area (TPSA) is 82.4 Å². The standard InChI is InChI=1S/C27H27ClFN5O3/c1-33-24-13-22(27(35)36-2)30-14-23(24)31-25(33)15-34-10-8-17(9-11-34)21-4-3-5-26(32-21)37-16-18-6-7-19(28)12-20(18)29/h3-7,12-14,17H,8-11,15-16H2,1-2H3. The first-order valence-corrected chi connectivity index (χ1v) is 12.4. The monoisotopic (exact) mass is 523 g/mol. The van der Waals surface area contributed by atoms with Crippen LogP contribution in [0.1, 0.15) is 46.3 Å². The largest absolute Gasteiger partial charge is 0.473 e. The summed E-state index contributed by atoms with van der Waals surface area (Å²) in [6.45, 7) is 2.60. The number of methoxy groups -OCH3 is 1. The third kappa shape index (κ3) is 5.57. The van der Waals surface area contributed by atoms with Crippen molar-refractivity contribution in [2.24, 2.45) is 7.05 Å². The van der Waals surface area contributed by atoms with Crippen LogP contribution in [-0.4, -0.2) is 50.6 Å². The van der Waals surface area contributed by atoms with E-state index in [1.807, 2.05) is 23.7 Å². The van der Waals surface area contributed by atoms with Crippen molar-refractivity contribution < 1.29 is 18.7 Å². The van der Waals surface area contributed by atoms with Crippen LogP contribution in [0.3, 0.4) is 0 Å². The molecule has 1 aliphatic heterocycles. The number of hydrogen-bond donors (Lipinski definition) is 0. The molecule has 0 unspecified atom stereocenters. The van der Waals surface area contributed by atoms with Crippen molar-refractivity contribution in [3.63, 3.8) is 0 Å². The van der Waals surface area contributed by atoms with E-state index in [2.05, 4.69) is 14.9 Å². The lowest BCUT2D eigenvalue weighted by Crippen LogP contribution is -2.33. The van der Waals surface area contributed by atoms with Gasteiger partial charge in [-0.05, 0) is 50.2 Å². The lowest BCUT2D eigenvalue weighted by Gasteiger charge is -2.31. The van der Waals surface area contributed by atoms with Crippen LogP contribution in [0.4, 0.5) is 4.39 Å². The first kappa shape index (κ1) is 25.1. The number of imidazole rings is 1. The SMILES string of the molecule is COC(=O)c1cc2c(cn1)nc(CN1CCC(c3cccc(OCc4ccc(Cl)cc4F)n3)CC1)n2C. The summed E-state index contributed by atoms with van der Waals surface area (Å²) in [5.41, 5.74) is 3.28. The van der Waals surface area contributed by atoms with Gasteiger partial charge in [-0.15, -0.1) is 0 Å². The van der Waals surface area contributed by atoms with E-state index in [4.69, 9.17) is 26.1 Å². The average Bonchev–Trinajstić information content (AvgIpc) is 3.22. The van der Waals surface area contributed by atoms with E-state index in [0.717, 1.165) is 48.5 Å². The third-order valence-corrected chi connectivity index (χ3v) is 7.00. The molecule has 1 saturated heterocycles. The van der Waals surface area contributed by atoms with Crippen LogP contribution < -0.4 is 4.74 Å². The number of halogens is 2. The Balaban J connectivity index is 1.19. The summed E-state index contributed by atoms with van der Waals surface area (Å²) < 4.78 is 26.6. The van der Waals surface area contributed by atoms with Crippen LogP contribution in [0.5, 0.6) is 5.88 Å². The van der Waals surface area contributed by atoms with E-state index in [-0.39, 0.29) is 12.3 Å². The first-order chi connectivity index (χ1) is 17.9. The van der Waals surface area contributed by atoms with Gasteiger partial charge in [0, 0.05) is 35.3 Å². The van der Waals surface area contributed by atoms with Gasteiger partial charge in [0.2, 0.25) is 5.88 Å². The number of esters is 1. The molecule has 1 fully saturated rings. The molecule has 4 aromatic rings. The van der Waals surface area contributed by atoms with Gasteiger partial charge in [-0.25, -0.2) is 24.1 Å². The highest BCUT2D eigenvalue weighted by molar-refractivity contribution is 6.30. The zero-order valence-electron chi connectivity index (χ0n) is 20.7. The Morgan fingerprint density at radius 2 is 1.97 bits per heavy atom. The molecule has 8 nitrogen and oxygen atoms in total. The minimum atomic E-state index is -0.466. The highest BCUT2D eigenvalue weighted by Crippen LogP contribution is 2.29. The Morgan fingerprint density at radius 3 is 2.73 bits per heavy atom. The van der Waals surface area contributed by atoms with Gasteiger partial charge in [0.05, 0.1) is 25.4 Å². The molecule has 0 amide bonds. The van der Waals surface area contributed by atoms with E-state index in [1.54, 1.807) is 30.5 Å². The van der Waals surface area contributed by atoms with Gasteiger partial charge < -0.3 is 14.0 Å². The number of pyridine rings is 2. The Morgan fingerprint density at radius 1 is 1.16 bits per heavy atom. The van der Waals surface area contributed by atoms with E-state index in [1.165, 1.54) is 13.2 Å². The molecule has 4 heterocycles. The number of carbonyl (C=O) groups is 1. The minimum absolute atomic E-state index is 0.0898. The Labute approximate surface area is 219 Å². The molecular weight excluding hydrogens is 497 g/mol. The number of fused-ring (bicyclic) bond motifs is 1. The van der Waals surface area contributed by atoms with E-state index >= 15 is 0 Å². The summed E-state index contributed by atoms with van der Waals surface area (Å²) in [6.07, 6.45) is 3.53. The molecule has 1 aliphatic rings. The van der Waals surface area contributed by atoms with Crippen molar-refractivity contribution in [2.75, 3.05) is 20.2 Å². The second-order valence-electron chi connectivity index (χ2n) is 9.11. The van der Waals surface area contributed by atoms with Gasteiger partial charge in [-0.1, -0.05) is 23.7 Å². The van der Waals surface area contributed by atoms with Crippen molar-refractivity contribution in [2.45, 2.75) is 31.9 Å². The minimum Gasteiger partial charge on any atom is -0.473 e. The van der Waals surface area contributed by atoms with Crippen molar-refractivity contribution >= 4 is 28.6 Å². The maximum absolute atomic E-state index is 14.0. The molecule has 192 valence electrons. The zero-order valence-corrected chi connectivity index (χ0v) is 21.4. The molecule has 0 spiro atoms. The summed E-state index contributed by atoms with van der Waals surface area (Å²) in [6, 6.07) is 12.0. The fourth-order valence-corrected chi connectivity index (χ4v) is 4.78. The molecule has 0 saturated carbocycles. The maximum atomic E-state index is 14.0. The maximum Gasteiger partial charge on any atom is 0.356 e. The second kappa shape index (κ2) is 10.8. The number of piperidine rings is 1. The van der Waals surface area contributed by atoms with Crippen molar-refractivity contribution in [3.05, 3.63) is 82.3 Å². The number of aromatic nitrogens is 4. The molecule has 10 heteroatoms. The first-order valence-electron chi connectivity index (χ1n) is 12.1. The number of aryl methyl sites for hydroxylation is 1. The number of rotatable bonds is 7. The molecule has 0 atom stereocenters. The zero-order chi connectivity index (χ0) is 25.9. The molecule has 0 radical (unpaired) electrons. The highest BCUT2D eigenvalue weighted by Gasteiger charge is 2.24. The Bertz CT molecular complexity index is 1440. The van der Waals surface area contributed by atoms with Gasteiger partial charge in [0.25, 0.3) is 0 Å². The van der Waals surface area contributed by atoms with Crippen LogP contribution in [-0.2, 0) is 24.9 Å². The van der Waals surface area contributed by atoms with Crippen LogP contribution in [0.2, 0.25) is 5.02 Å². The van der Waals surface area contributed by atoms with Gasteiger partial charge in [0.15, 0.2) is 5.69 Å². The summed E-state index contributed by atoms with van der Waals surface area (Å²) >= 11 is 5.82. The molecule has 1 aromatic carbocycles. The number of ether oxygens (including phenoxy) is 2. The Kier molecular flexibility index (Phi) is 7.34. The summed E-state index contributed by atoms with van der Waals surface area (Å²) in [5.74, 6) is 0.859. The van der Waals surface area contributed by atoms with Crippen molar-refractivity contribution in [3.8, 4) is 5.88 Å². The lowest BCUT2D eigenvalue weighted by molar-refractivity contribution is 0.0594. The van der Waals surface area contributed by atoms with Crippen molar-refractivity contribution in [1.29, 1.82) is 0 Å². The number of carbonyl (C=O) groups excluding carboxylic acids is 1. The number of benzene rings is 1. The van der Waals surface area contributed by atoms with Gasteiger partial charge in [0.1, 0.15) is 23.8 Å². The summed E-state index contributed by atoms with van der Waals surface area (Å²) in [4.78, 5) is 27.8. The van der Waals surface area contributed by atoms with Crippen molar-refractivity contribution in [1.82, 2.24) is 24.4 Å². The lowest BCUT2D eigenvalue weighted by atomic mass is 9.93. The predicted molar refractivity (Wildman–Crippen MR) is 137 cm³/mol. The van der Waals surface area contributed by atoms with E-state index in [9.17, 15) is 9.18 Å². The fourth-order valence-electron chi connectivity index (χ4n) is 4.62. The van der Waals surface area contributed by atoms with Crippen LogP contribution in [0.15, 0.2) is 48.7 Å². The Hall–Kier alpha value is -3.56. The molecule has 0 N–H and O–H groups in total. The van der Waals surface area contributed by atoms with Gasteiger partial charge >= 0.3 is 5.97 Å². The average molecular weight is 524 g/mol. The van der Waals surface area contributed by atoms with Crippen LogP contribution in [0, 0.1) is 5.82 Å². The second-order valence-corrected chi connectivity index (χ2v) is 9.55. The van der Waals surface area contributed by atoms with Crippen LogP contribution in [0.25, 0.3) is 11.0 Å². The quantitative estimate of drug-likeness (QED) is 0.319. The van der Waals surface area contributed by atoms with E-state index in [0.29, 0.717) is 28.9 Å². The number of nitrogens with zero attached hydrogens (tertiary/aromatic N) is 5. The normalized spacial score (nSPS) is 14.7. The predicted octanol–water partition coefficient (Wildman–Crippen LogP) is 4.90. The fraction of sp³-hybridized carbons (Fsp3) is 0.333. The summed E-state index contributed by atoms with van der Waals surface area (Å²) in [5, 5.41) is 0.355. The van der Waals surface area contributed by atoms with Gasteiger partial charge in [-0.3, -0.25) is 4.90 Å². The highest BCUT2D eigenvalue weighted by atomic mass is 35.5. The molecule has 0 bridgehead atoms. The van der Waals surface area contributed by atoms with E-state index < -0.39 is 11.8 Å². The molecule has 5 rings (SSSR count). The molecule has 0 aliphatic carbocycles. The van der Waals surface area contributed by atoms with Crippen LogP contribution >= 0.6 is 11.6 Å². The smallest absolute Gasteiger partial charge is 0.356 e. The number of likely N-dealkylation sites (tertiary alicyclic amines) is 1. The number of hydrogen-bond acceptors (Lipinski definition) is 7.